The molecular weight excluding hydrogens is 651 g/mol. The van der Waals surface area contributed by atoms with Gasteiger partial charge in [-0.25, -0.2) is 4.39 Å². The Labute approximate surface area is 298 Å². The second-order valence-electron chi connectivity index (χ2n) is 15.8. The highest BCUT2D eigenvalue weighted by molar-refractivity contribution is 5.99. The average molecular weight is 699 g/mol. The fourth-order valence-corrected chi connectivity index (χ4v) is 8.72. The number of nitrogens with one attached hydrogen (secondary N) is 2. The summed E-state index contributed by atoms with van der Waals surface area (Å²) >= 11 is 0. The Hall–Kier alpha value is -4.47. The zero-order valence-electron chi connectivity index (χ0n) is 29.6. The van der Waals surface area contributed by atoms with Gasteiger partial charge in [0.2, 0.25) is 5.91 Å². The molecule has 7 rings (SSSR count). The fourth-order valence-electron chi connectivity index (χ4n) is 8.72. The van der Waals surface area contributed by atoms with Crippen LogP contribution in [0.25, 0.3) is 10.8 Å². The molecule has 4 aliphatic rings. The summed E-state index contributed by atoms with van der Waals surface area (Å²) in [5.74, 6) is -2.74. The zero-order chi connectivity index (χ0) is 35.9. The topological polar surface area (TPSA) is 120 Å². The number of ketones is 1. The van der Waals surface area contributed by atoms with E-state index in [1.165, 1.54) is 13.2 Å². The normalized spacial score (nSPS) is 27.8. The van der Waals surface area contributed by atoms with Gasteiger partial charge in [0, 0.05) is 24.9 Å². The van der Waals surface area contributed by atoms with Gasteiger partial charge in [-0.1, -0.05) is 55.8 Å². The minimum Gasteiger partial charge on any atom is -0.496 e. The van der Waals surface area contributed by atoms with Crippen LogP contribution in [0.3, 0.4) is 0 Å². The Balaban J connectivity index is 0.987. The number of amides is 2. The largest absolute Gasteiger partial charge is 0.496 e. The molecule has 4 fully saturated rings. The molecule has 0 heterocycles. The van der Waals surface area contributed by atoms with Gasteiger partial charge in [-0.2, -0.15) is 0 Å². The van der Waals surface area contributed by atoms with Crippen molar-refractivity contribution in [3.05, 3.63) is 71.5 Å². The minimum absolute atomic E-state index is 0.0240. The average Bonchev–Trinajstić information content (AvgIpc) is 3.67. The molecule has 4 aliphatic carbocycles. The Kier molecular flexibility index (Phi) is 9.54. The summed E-state index contributed by atoms with van der Waals surface area (Å²) in [5, 5.41) is 8.20. The maximum absolute atomic E-state index is 15.3. The number of rotatable bonds is 11. The number of benzene rings is 3. The SMILES string of the molecule is COc1cc(F)c(OC2CCC(C)(C(=O)OCc3cccc4ccccc34)CC2)cc1C(=O)N[C@H]1[C@@H](C(=O)NCC2(C)CCC2)[C@@H]2CC(=O)[C@H]1C2. The molecule has 2 bridgehead atoms. The van der Waals surface area contributed by atoms with Crippen molar-refractivity contribution in [1.82, 2.24) is 10.6 Å². The van der Waals surface area contributed by atoms with Gasteiger partial charge >= 0.3 is 5.97 Å². The van der Waals surface area contributed by atoms with E-state index in [0.29, 0.717) is 45.1 Å². The lowest BCUT2D eigenvalue weighted by Gasteiger charge is -2.39. The lowest BCUT2D eigenvalue weighted by molar-refractivity contribution is -0.159. The molecule has 0 radical (unpaired) electrons. The first-order valence-corrected chi connectivity index (χ1v) is 18.3. The van der Waals surface area contributed by atoms with Gasteiger partial charge in [0.1, 0.15) is 18.1 Å². The second-order valence-corrected chi connectivity index (χ2v) is 15.8. The van der Waals surface area contributed by atoms with Gasteiger partial charge in [-0.15, -0.1) is 0 Å². The van der Waals surface area contributed by atoms with Crippen LogP contribution in [0, 0.1) is 34.4 Å². The summed E-state index contributed by atoms with van der Waals surface area (Å²) in [6.45, 7) is 4.81. The third-order valence-corrected chi connectivity index (χ3v) is 12.2. The predicted molar refractivity (Wildman–Crippen MR) is 189 cm³/mol. The highest BCUT2D eigenvalue weighted by Gasteiger charge is 2.56. The summed E-state index contributed by atoms with van der Waals surface area (Å²) in [6, 6.07) is 15.7. The molecule has 9 nitrogen and oxygen atoms in total. The number of halogens is 1. The first-order valence-electron chi connectivity index (χ1n) is 18.3. The van der Waals surface area contributed by atoms with E-state index in [0.717, 1.165) is 41.7 Å². The zero-order valence-corrected chi connectivity index (χ0v) is 29.6. The number of esters is 1. The molecule has 4 saturated carbocycles. The van der Waals surface area contributed by atoms with Crippen molar-refractivity contribution in [3.8, 4) is 11.5 Å². The Morgan fingerprint density at radius 1 is 0.961 bits per heavy atom. The van der Waals surface area contributed by atoms with E-state index < -0.39 is 35.0 Å². The van der Waals surface area contributed by atoms with Crippen LogP contribution in [-0.4, -0.2) is 49.4 Å². The molecule has 2 N–H and O–H groups in total. The molecule has 3 aromatic carbocycles. The first-order chi connectivity index (χ1) is 24.5. The predicted octanol–water partition coefficient (Wildman–Crippen LogP) is 6.69. The smallest absolute Gasteiger partial charge is 0.312 e. The van der Waals surface area contributed by atoms with E-state index in [-0.39, 0.29) is 58.8 Å². The van der Waals surface area contributed by atoms with E-state index in [1.54, 1.807) is 0 Å². The number of hydrogen-bond acceptors (Lipinski definition) is 7. The minimum atomic E-state index is -0.704. The van der Waals surface area contributed by atoms with Crippen molar-refractivity contribution in [2.24, 2.45) is 28.6 Å². The molecule has 51 heavy (non-hydrogen) atoms. The van der Waals surface area contributed by atoms with Crippen molar-refractivity contribution in [3.63, 3.8) is 0 Å². The van der Waals surface area contributed by atoms with Crippen LogP contribution in [-0.2, 0) is 25.7 Å². The quantitative estimate of drug-likeness (QED) is 0.214. The third kappa shape index (κ3) is 6.94. The highest BCUT2D eigenvalue weighted by atomic mass is 19.1. The first kappa shape index (κ1) is 35.0. The number of ether oxygens (including phenoxy) is 3. The Morgan fingerprint density at radius 3 is 2.43 bits per heavy atom. The number of Topliss-reactive ketones (excluding diaryl/α,β-unsaturated/α-hetero) is 1. The van der Waals surface area contributed by atoms with Crippen LogP contribution in [0.5, 0.6) is 11.5 Å². The summed E-state index contributed by atoms with van der Waals surface area (Å²) in [6.07, 6.45) is 5.80. The maximum Gasteiger partial charge on any atom is 0.312 e. The molecular formula is C41H47FN2O7. The number of carbonyl (C=O) groups excluding carboxylic acids is 4. The molecule has 2 amide bonds. The molecule has 0 aromatic heterocycles. The summed E-state index contributed by atoms with van der Waals surface area (Å²) in [5.41, 5.74) is 0.395. The van der Waals surface area contributed by atoms with Crippen molar-refractivity contribution in [1.29, 1.82) is 0 Å². The molecule has 0 saturated heterocycles. The summed E-state index contributed by atoms with van der Waals surface area (Å²) < 4.78 is 32.7. The third-order valence-electron chi connectivity index (χ3n) is 12.2. The van der Waals surface area contributed by atoms with E-state index in [4.69, 9.17) is 14.2 Å². The molecule has 270 valence electrons. The monoisotopic (exact) mass is 698 g/mol. The van der Waals surface area contributed by atoms with Crippen molar-refractivity contribution >= 4 is 34.3 Å². The van der Waals surface area contributed by atoms with Gasteiger partial charge in [0.05, 0.1) is 36.2 Å². The van der Waals surface area contributed by atoms with E-state index >= 15 is 4.39 Å². The van der Waals surface area contributed by atoms with Crippen LogP contribution in [0.2, 0.25) is 0 Å². The molecule has 0 unspecified atom stereocenters. The number of methoxy groups -OCH3 is 1. The number of carbonyl (C=O) groups is 4. The number of hydrogen-bond donors (Lipinski definition) is 2. The standard InChI is InChI=1S/C41H47FN2O7/c1-40(14-7-15-40)23-43-38(47)35-26-18-29(32(45)19-26)36(35)44-37(46)30-20-34(31(42)21-33(30)49-3)51-27-12-16-41(2,17-13-27)39(48)50-22-25-10-6-9-24-8-4-5-11-28(24)25/h4-6,8-11,20-21,26-27,29,35-36H,7,12-19,22-23H2,1-3H3,(H,43,47)(H,44,46)/t26-,27?,29+,35-,36+,41?/m0/s1. The second kappa shape index (κ2) is 13.9. The van der Waals surface area contributed by atoms with Crippen molar-refractivity contribution in [2.75, 3.05) is 13.7 Å². The number of fused-ring (bicyclic) bond motifs is 3. The summed E-state index contributed by atoms with van der Waals surface area (Å²) in [7, 11) is 1.35. The lowest BCUT2D eigenvalue weighted by Crippen LogP contribution is -2.53. The van der Waals surface area contributed by atoms with Crippen LogP contribution in [0.4, 0.5) is 4.39 Å². The molecule has 4 atom stereocenters. The van der Waals surface area contributed by atoms with Gasteiger partial charge in [-0.05, 0) is 85.6 Å². The van der Waals surface area contributed by atoms with Gasteiger partial charge in [0.25, 0.3) is 5.91 Å². The lowest BCUT2D eigenvalue weighted by atomic mass is 9.70. The van der Waals surface area contributed by atoms with Crippen molar-refractivity contribution < 1.29 is 37.8 Å². The molecule has 3 aromatic rings. The fraction of sp³-hybridized carbons (Fsp3) is 0.512. The molecule has 0 aliphatic heterocycles. The van der Waals surface area contributed by atoms with Crippen LogP contribution in [0.15, 0.2) is 54.6 Å². The van der Waals surface area contributed by atoms with Crippen molar-refractivity contribution in [2.45, 2.75) is 90.4 Å². The maximum atomic E-state index is 15.3. The molecule has 10 heteroatoms. The molecule has 0 spiro atoms. The van der Waals surface area contributed by atoms with E-state index in [9.17, 15) is 19.2 Å². The van der Waals surface area contributed by atoms with E-state index in [2.05, 4.69) is 17.6 Å². The van der Waals surface area contributed by atoms with Crippen LogP contribution < -0.4 is 20.1 Å². The Morgan fingerprint density at radius 2 is 1.71 bits per heavy atom. The van der Waals surface area contributed by atoms with Gasteiger partial charge in [0.15, 0.2) is 11.6 Å². The van der Waals surface area contributed by atoms with E-state index in [1.807, 2.05) is 49.4 Å². The van der Waals surface area contributed by atoms with Crippen LogP contribution >= 0.6 is 0 Å². The Bertz CT molecular complexity index is 1840. The highest BCUT2D eigenvalue weighted by Crippen LogP contribution is 2.47. The van der Waals surface area contributed by atoms with Gasteiger partial charge < -0.3 is 24.8 Å². The van der Waals surface area contributed by atoms with Gasteiger partial charge in [-0.3, -0.25) is 19.2 Å². The summed E-state index contributed by atoms with van der Waals surface area (Å²) in [4.78, 5) is 53.3. The van der Waals surface area contributed by atoms with Crippen LogP contribution in [0.1, 0.15) is 87.6 Å².